The summed E-state index contributed by atoms with van der Waals surface area (Å²) in [6.07, 6.45) is -3.23. The topological polar surface area (TPSA) is 59.8 Å². The van der Waals surface area contributed by atoms with Gasteiger partial charge in [0.05, 0.1) is 6.54 Å². The van der Waals surface area contributed by atoms with E-state index in [1.165, 1.54) is 36.5 Å². The highest BCUT2D eigenvalue weighted by molar-refractivity contribution is 6.04. The van der Waals surface area contributed by atoms with Gasteiger partial charge in [0.1, 0.15) is 11.3 Å². The lowest BCUT2D eigenvalue weighted by molar-refractivity contribution is -0.146. The van der Waals surface area contributed by atoms with E-state index in [0.717, 1.165) is 4.57 Å². The highest BCUT2D eigenvalue weighted by Crippen LogP contribution is 2.31. The van der Waals surface area contributed by atoms with E-state index in [4.69, 9.17) is 0 Å². The second kappa shape index (κ2) is 7.82. The molecule has 4 aromatic rings. The van der Waals surface area contributed by atoms with E-state index in [-0.39, 0.29) is 23.3 Å². The number of benzene rings is 2. The Labute approximate surface area is 174 Å². The Morgan fingerprint density at radius 3 is 2.52 bits per heavy atom. The number of imidazole rings is 1. The van der Waals surface area contributed by atoms with Gasteiger partial charge >= 0.3 is 6.18 Å². The zero-order valence-electron chi connectivity index (χ0n) is 16.2. The number of nitrogens with one attached hydrogen (secondary N) is 1. The zero-order chi connectivity index (χ0) is 22.2. The molecule has 1 N–H and O–H groups in total. The Bertz CT molecular complexity index is 1260. The van der Waals surface area contributed by atoms with Gasteiger partial charge in [0, 0.05) is 17.4 Å². The van der Waals surface area contributed by atoms with Crippen LogP contribution in [0.2, 0.25) is 0 Å². The molecule has 0 spiro atoms. The molecular weight excluding hydrogens is 412 g/mol. The van der Waals surface area contributed by atoms with Gasteiger partial charge in [0.25, 0.3) is 5.91 Å². The van der Waals surface area contributed by atoms with Gasteiger partial charge in [-0.25, -0.2) is 14.4 Å². The average molecular weight is 428 g/mol. The highest BCUT2D eigenvalue weighted by atomic mass is 19.4. The molecular formula is C22H16F4N4O. The van der Waals surface area contributed by atoms with Crippen LogP contribution in [0.5, 0.6) is 0 Å². The molecule has 0 aliphatic rings. The van der Waals surface area contributed by atoms with Crippen LogP contribution in [0.15, 0.2) is 60.8 Å². The molecule has 31 heavy (non-hydrogen) atoms. The van der Waals surface area contributed by atoms with Crippen LogP contribution >= 0.6 is 0 Å². The third kappa shape index (κ3) is 4.25. The summed E-state index contributed by atoms with van der Waals surface area (Å²) in [5.74, 6) is -1.93. The Morgan fingerprint density at radius 1 is 1.10 bits per heavy atom. The van der Waals surface area contributed by atoms with Gasteiger partial charge in [-0.1, -0.05) is 18.2 Å². The minimum atomic E-state index is -4.64. The third-order valence-corrected chi connectivity index (χ3v) is 4.74. The number of halogens is 4. The van der Waals surface area contributed by atoms with Crippen molar-refractivity contribution in [3.05, 3.63) is 89.1 Å². The first-order chi connectivity index (χ1) is 14.7. The van der Waals surface area contributed by atoms with Crippen LogP contribution < -0.4 is 5.32 Å². The fourth-order valence-electron chi connectivity index (χ4n) is 3.14. The molecule has 0 fully saturated rings. The van der Waals surface area contributed by atoms with Crippen LogP contribution in [0.3, 0.4) is 0 Å². The zero-order valence-corrected chi connectivity index (χ0v) is 16.2. The molecule has 0 saturated heterocycles. The van der Waals surface area contributed by atoms with Crippen LogP contribution in [0.4, 0.5) is 23.2 Å². The Hall–Kier alpha value is -3.75. The summed E-state index contributed by atoms with van der Waals surface area (Å²) in [7, 11) is 0. The largest absolute Gasteiger partial charge is 0.449 e. The maximum atomic E-state index is 13.6. The van der Waals surface area contributed by atoms with E-state index >= 15 is 0 Å². The minimum absolute atomic E-state index is 0.118. The van der Waals surface area contributed by atoms with Crippen molar-refractivity contribution in [2.24, 2.45) is 0 Å². The lowest BCUT2D eigenvalue weighted by Gasteiger charge is -2.11. The lowest BCUT2D eigenvalue weighted by Crippen LogP contribution is -2.16. The summed E-state index contributed by atoms with van der Waals surface area (Å²) in [4.78, 5) is 20.1. The quantitative estimate of drug-likeness (QED) is 0.455. The average Bonchev–Trinajstić information content (AvgIpc) is 3.10. The number of fused-ring (bicyclic) bond motifs is 1. The number of aromatic nitrogens is 3. The van der Waals surface area contributed by atoms with Crippen molar-refractivity contribution < 1.29 is 22.4 Å². The molecule has 9 heteroatoms. The number of aryl methyl sites for hydroxylation is 1. The molecule has 158 valence electrons. The fourth-order valence-corrected chi connectivity index (χ4v) is 3.14. The summed E-state index contributed by atoms with van der Waals surface area (Å²) >= 11 is 0. The number of pyridine rings is 1. The lowest BCUT2D eigenvalue weighted by atomic mass is 10.1. The van der Waals surface area contributed by atoms with Crippen molar-refractivity contribution in [1.29, 1.82) is 0 Å². The summed E-state index contributed by atoms with van der Waals surface area (Å²) in [5.41, 5.74) is 1.86. The van der Waals surface area contributed by atoms with E-state index < -0.39 is 23.7 Å². The van der Waals surface area contributed by atoms with Gasteiger partial charge in [0.15, 0.2) is 5.65 Å². The number of anilines is 1. The van der Waals surface area contributed by atoms with E-state index in [0.29, 0.717) is 16.8 Å². The predicted molar refractivity (Wildman–Crippen MR) is 107 cm³/mol. The van der Waals surface area contributed by atoms with Gasteiger partial charge in [-0.3, -0.25) is 4.79 Å². The molecule has 2 aromatic heterocycles. The van der Waals surface area contributed by atoms with Crippen molar-refractivity contribution in [3.63, 3.8) is 0 Å². The Kier molecular flexibility index (Phi) is 5.18. The molecule has 4 rings (SSSR count). The normalized spacial score (nSPS) is 11.6. The number of nitrogens with zero attached hydrogens (tertiary/aromatic N) is 3. The number of hydrogen-bond acceptors (Lipinski definition) is 3. The summed E-state index contributed by atoms with van der Waals surface area (Å²) in [6.45, 7) is 1.50. The molecule has 1 amide bonds. The van der Waals surface area contributed by atoms with Crippen LogP contribution in [0.25, 0.3) is 11.2 Å². The smallest absolute Gasteiger partial charge is 0.322 e. The Balaban J connectivity index is 1.56. The first kappa shape index (κ1) is 20.5. The molecule has 0 aliphatic carbocycles. The second-order valence-electron chi connectivity index (χ2n) is 6.98. The first-order valence-corrected chi connectivity index (χ1v) is 9.27. The molecule has 0 radical (unpaired) electrons. The molecule has 0 atom stereocenters. The number of carbonyl (C=O) groups is 1. The van der Waals surface area contributed by atoms with Crippen molar-refractivity contribution in [2.45, 2.75) is 19.6 Å². The summed E-state index contributed by atoms with van der Waals surface area (Å²) < 4.78 is 54.9. The van der Waals surface area contributed by atoms with E-state index in [2.05, 4.69) is 15.3 Å². The summed E-state index contributed by atoms with van der Waals surface area (Å²) in [5, 5.41) is 2.59. The van der Waals surface area contributed by atoms with E-state index in [1.54, 1.807) is 31.2 Å². The SMILES string of the molecule is Cc1ccc(NC(=O)c2ccc(Cn3c(C(F)(F)F)nc4cccnc43)cc2)cc1F. The van der Waals surface area contributed by atoms with Crippen molar-refractivity contribution in [3.8, 4) is 0 Å². The fraction of sp³-hybridized carbons (Fsp3) is 0.136. The molecule has 0 aliphatic heterocycles. The van der Waals surface area contributed by atoms with E-state index in [9.17, 15) is 22.4 Å². The predicted octanol–water partition coefficient (Wildman–Crippen LogP) is 5.20. The number of amides is 1. The molecule has 2 heterocycles. The van der Waals surface area contributed by atoms with Crippen LogP contribution in [0.1, 0.15) is 27.3 Å². The van der Waals surface area contributed by atoms with Gasteiger partial charge in [0.2, 0.25) is 5.82 Å². The summed E-state index contributed by atoms with van der Waals surface area (Å²) in [6, 6.07) is 13.4. The van der Waals surface area contributed by atoms with Gasteiger partial charge in [-0.2, -0.15) is 13.2 Å². The van der Waals surface area contributed by atoms with E-state index in [1.807, 2.05) is 0 Å². The first-order valence-electron chi connectivity index (χ1n) is 9.27. The maximum absolute atomic E-state index is 13.6. The molecule has 0 bridgehead atoms. The monoisotopic (exact) mass is 428 g/mol. The second-order valence-corrected chi connectivity index (χ2v) is 6.98. The standard InChI is InChI=1S/C22H16F4N4O/c1-13-4-9-16(11-17(13)23)28-20(31)15-7-5-14(6-8-15)12-30-19-18(3-2-10-27-19)29-21(30)22(24,25)26/h2-11H,12H2,1H3,(H,28,31). The van der Waals surface area contributed by atoms with Gasteiger partial charge < -0.3 is 9.88 Å². The molecule has 2 aromatic carbocycles. The van der Waals surface area contributed by atoms with Crippen LogP contribution in [0, 0.1) is 12.7 Å². The van der Waals surface area contributed by atoms with Gasteiger partial charge in [-0.05, 0) is 54.4 Å². The minimum Gasteiger partial charge on any atom is -0.322 e. The molecule has 0 unspecified atom stereocenters. The van der Waals surface area contributed by atoms with Gasteiger partial charge in [-0.15, -0.1) is 0 Å². The highest BCUT2D eigenvalue weighted by Gasteiger charge is 2.37. The third-order valence-electron chi connectivity index (χ3n) is 4.74. The van der Waals surface area contributed by atoms with Crippen LogP contribution in [-0.4, -0.2) is 20.4 Å². The number of hydrogen-bond donors (Lipinski definition) is 1. The number of alkyl halides is 3. The molecule has 5 nitrogen and oxygen atoms in total. The number of carbonyl (C=O) groups excluding carboxylic acids is 1. The molecule has 0 saturated carbocycles. The maximum Gasteiger partial charge on any atom is 0.449 e. The Morgan fingerprint density at radius 2 is 1.84 bits per heavy atom. The van der Waals surface area contributed by atoms with Crippen LogP contribution in [-0.2, 0) is 12.7 Å². The van der Waals surface area contributed by atoms with Crippen molar-refractivity contribution in [1.82, 2.24) is 14.5 Å². The van der Waals surface area contributed by atoms with Crippen molar-refractivity contribution in [2.75, 3.05) is 5.32 Å². The number of rotatable bonds is 4. The van der Waals surface area contributed by atoms with Crippen molar-refractivity contribution >= 4 is 22.8 Å².